The van der Waals surface area contributed by atoms with E-state index in [1.165, 1.54) is 12.3 Å². The van der Waals surface area contributed by atoms with Gasteiger partial charge in [0.2, 0.25) is 0 Å². The first-order valence-corrected chi connectivity index (χ1v) is 2.92. The highest BCUT2D eigenvalue weighted by molar-refractivity contribution is 5.82. The lowest BCUT2D eigenvalue weighted by Crippen LogP contribution is -2.02. The van der Waals surface area contributed by atoms with Crippen LogP contribution in [0, 0.1) is 0 Å². The van der Waals surface area contributed by atoms with Crippen molar-refractivity contribution in [1.82, 2.24) is 0 Å². The van der Waals surface area contributed by atoms with Gasteiger partial charge in [0, 0.05) is 12.3 Å². The molecule has 0 aliphatic heterocycles. The summed E-state index contributed by atoms with van der Waals surface area (Å²) in [6.45, 7) is 0. The van der Waals surface area contributed by atoms with Crippen molar-refractivity contribution in [3.63, 3.8) is 0 Å². The normalized spacial score (nSPS) is 18.2. The first kappa shape index (κ1) is 6.13. The van der Waals surface area contributed by atoms with E-state index < -0.39 is 0 Å². The Balaban J connectivity index is 2.17. The van der Waals surface area contributed by atoms with Gasteiger partial charge in [0.15, 0.2) is 0 Å². The summed E-state index contributed by atoms with van der Waals surface area (Å²) in [5.41, 5.74) is 4.94. The van der Waals surface area contributed by atoms with Crippen LogP contribution >= 0.6 is 0 Å². The molecule has 0 heterocycles. The van der Waals surface area contributed by atoms with Crippen molar-refractivity contribution in [3.8, 4) is 0 Å². The molecular weight excluding hydrogens is 118 g/mol. The number of hydrogen-bond acceptors (Lipinski definition) is 3. The first-order chi connectivity index (χ1) is 4.33. The molecule has 0 spiro atoms. The summed E-state index contributed by atoms with van der Waals surface area (Å²) in [6, 6.07) is 0. The van der Waals surface area contributed by atoms with Crippen molar-refractivity contribution in [1.29, 1.82) is 0 Å². The van der Waals surface area contributed by atoms with Gasteiger partial charge in [-0.05, 0) is 12.8 Å². The lowest BCUT2D eigenvalue weighted by Gasteiger charge is -1.94. The summed E-state index contributed by atoms with van der Waals surface area (Å²) in [4.78, 5) is 10.5. The van der Waals surface area contributed by atoms with Gasteiger partial charge < -0.3 is 10.5 Å². The number of carbonyl (C=O) groups is 1. The number of carbonyl (C=O) groups excluding carboxylic acids is 1. The van der Waals surface area contributed by atoms with Crippen LogP contribution < -0.4 is 5.73 Å². The van der Waals surface area contributed by atoms with Crippen LogP contribution in [0.5, 0.6) is 0 Å². The molecule has 1 aliphatic carbocycles. The second-order valence-corrected chi connectivity index (χ2v) is 2.00. The van der Waals surface area contributed by atoms with E-state index in [0.29, 0.717) is 0 Å². The maximum absolute atomic E-state index is 10.5. The standard InChI is InChI=1S/C6H9NO2/c7-4-3-6(8)9-5-1-2-5/h3-5H,1-2,7H2. The molecular formula is C6H9NO2. The molecule has 0 aromatic rings. The Kier molecular flexibility index (Phi) is 1.72. The fraction of sp³-hybridized carbons (Fsp3) is 0.500. The smallest absolute Gasteiger partial charge is 0.332 e. The molecule has 0 amide bonds. The van der Waals surface area contributed by atoms with Gasteiger partial charge in [-0.15, -0.1) is 0 Å². The molecule has 0 aromatic heterocycles. The van der Waals surface area contributed by atoms with Crippen LogP contribution in [0.25, 0.3) is 0 Å². The molecule has 0 unspecified atom stereocenters. The molecule has 50 valence electrons. The topological polar surface area (TPSA) is 52.3 Å². The zero-order valence-corrected chi connectivity index (χ0v) is 5.04. The van der Waals surface area contributed by atoms with Crippen LogP contribution in [-0.4, -0.2) is 12.1 Å². The molecule has 0 aromatic carbocycles. The second-order valence-electron chi connectivity index (χ2n) is 2.00. The Morgan fingerprint density at radius 1 is 1.67 bits per heavy atom. The number of nitrogens with two attached hydrogens (primary N) is 1. The highest BCUT2D eigenvalue weighted by Gasteiger charge is 2.24. The lowest BCUT2D eigenvalue weighted by atomic mass is 10.6. The maximum Gasteiger partial charge on any atom is 0.332 e. The van der Waals surface area contributed by atoms with Crippen molar-refractivity contribution in [2.75, 3.05) is 0 Å². The van der Waals surface area contributed by atoms with Crippen LogP contribution in [0.3, 0.4) is 0 Å². The summed E-state index contributed by atoms with van der Waals surface area (Å²) in [6.07, 6.45) is 4.59. The average Bonchev–Trinajstić information content (AvgIpc) is 2.50. The van der Waals surface area contributed by atoms with Gasteiger partial charge in [-0.1, -0.05) is 0 Å². The first-order valence-electron chi connectivity index (χ1n) is 2.92. The fourth-order valence-corrected chi connectivity index (χ4v) is 0.468. The zero-order chi connectivity index (χ0) is 6.69. The summed E-state index contributed by atoms with van der Waals surface area (Å²) in [7, 11) is 0. The highest BCUT2D eigenvalue weighted by Crippen LogP contribution is 2.23. The summed E-state index contributed by atoms with van der Waals surface area (Å²) < 4.78 is 4.80. The van der Waals surface area contributed by atoms with Crippen molar-refractivity contribution in [3.05, 3.63) is 12.3 Å². The van der Waals surface area contributed by atoms with Gasteiger partial charge >= 0.3 is 5.97 Å². The predicted molar refractivity (Wildman–Crippen MR) is 32.4 cm³/mol. The van der Waals surface area contributed by atoms with Crippen molar-refractivity contribution in [2.24, 2.45) is 5.73 Å². The second kappa shape index (κ2) is 2.53. The SMILES string of the molecule is NC=CC(=O)OC1CC1. The van der Waals surface area contributed by atoms with Gasteiger partial charge in [-0.25, -0.2) is 4.79 Å². The van der Waals surface area contributed by atoms with Gasteiger partial charge in [-0.2, -0.15) is 0 Å². The number of ether oxygens (including phenoxy) is 1. The number of rotatable bonds is 2. The third kappa shape index (κ3) is 2.17. The Bertz CT molecular complexity index is 138. The van der Waals surface area contributed by atoms with E-state index in [0.717, 1.165) is 12.8 Å². The largest absolute Gasteiger partial charge is 0.459 e. The molecule has 0 atom stereocenters. The Morgan fingerprint density at radius 2 is 2.33 bits per heavy atom. The Labute approximate surface area is 53.5 Å². The van der Waals surface area contributed by atoms with Gasteiger partial charge in [0.1, 0.15) is 6.10 Å². The maximum atomic E-state index is 10.5. The van der Waals surface area contributed by atoms with Crippen LogP contribution in [0.1, 0.15) is 12.8 Å². The molecule has 3 nitrogen and oxygen atoms in total. The predicted octanol–water partition coefficient (Wildman–Crippen LogP) is 0.164. The van der Waals surface area contributed by atoms with Gasteiger partial charge in [0.05, 0.1) is 0 Å². The molecule has 1 saturated carbocycles. The van der Waals surface area contributed by atoms with E-state index in [9.17, 15) is 4.79 Å². The third-order valence-electron chi connectivity index (χ3n) is 1.04. The molecule has 9 heavy (non-hydrogen) atoms. The molecule has 2 N–H and O–H groups in total. The fourth-order valence-electron chi connectivity index (χ4n) is 0.468. The molecule has 0 saturated heterocycles. The molecule has 0 bridgehead atoms. The zero-order valence-electron chi connectivity index (χ0n) is 5.04. The lowest BCUT2D eigenvalue weighted by molar-refractivity contribution is -0.138. The quantitative estimate of drug-likeness (QED) is 0.424. The third-order valence-corrected chi connectivity index (χ3v) is 1.04. The molecule has 0 radical (unpaired) electrons. The van der Waals surface area contributed by atoms with Crippen LogP contribution in [0.2, 0.25) is 0 Å². The minimum Gasteiger partial charge on any atom is -0.459 e. The number of hydrogen-bond donors (Lipinski definition) is 1. The summed E-state index contributed by atoms with van der Waals surface area (Å²) in [5.74, 6) is -0.333. The van der Waals surface area contributed by atoms with Gasteiger partial charge in [0.25, 0.3) is 0 Å². The van der Waals surface area contributed by atoms with Crippen molar-refractivity contribution >= 4 is 5.97 Å². The monoisotopic (exact) mass is 127 g/mol. The van der Waals surface area contributed by atoms with E-state index in [1.54, 1.807) is 0 Å². The van der Waals surface area contributed by atoms with E-state index in [1.807, 2.05) is 0 Å². The van der Waals surface area contributed by atoms with E-state index in [2.05, 4.69) is 0 Å². The van der Waals surface area contributed by atoms with E-state index >= 15 is 0 Å². The van der Waals surface area contributed by atoms with Crippen molar-refractivity contribution in [2.45, 2.75) is 18.9 Å². The summed E-state index contributed by atoms with van der Waals surface area (Å²) in [5, 5.41) is 0. The van der Waals surface area contributed by atoms with Gasteiger partial charge in [-0.3, -0.25) is 0 Å². The van der Waals surface area contributed by atoms with E-state index in [-0.39, 0.29) is 12.1 Å². The summed E-state index contributed by atoms with van der Waals surface area (Å²) >= 11 is 0. The Hall–Kier alpha value is -0.990. The average molecular weight is 127 g/mol. The molecule has 1 fully saturated rings. The Morgan fingerprint density at radius 3 is 2.78 bits per heavy atom. The van der Waals surface area contributed by atoms with E-state index in [4.69, 9.17) is 10.5 Å². The number of esters is 1. The minimum absolute atomic E-state index is 0.175. The van der Waals surface area contributed by atoms with Crippen molar-refractivity contribution < 1.29 is 9.53 Å². The molecule has 1 aliphatic rings. The van der Waals surface area contributed by atoms with Crippen LogP contribution in [0.4, 0.5) is 0 Å². The van der Waals surface area contributed by atoms with Crippen LogP contribution in [-0.2, 0) is 9.53 Å². The van der Waals surface area contributed by atoms with Crippen LogP contribution in [0.15, 0.2) is 12.3 Å². The molecule has 1 rings (SSSR count). The highest BCUT2D eigenvalue weighted by atomic mass is 16.5. The molecule has 3 heteroatoms. The minimum atomic E-state index is -0.333.